The number of anilines is 1. The molecule has 1 amide bonds. The minimum atomic E-state index is -3.75. The van der Waals surface area contributed by atoms with Gasteiger partial charge in [-0.3, -0.25) is 9.52 Å². The lowest BCUT2D eigenvalue weighted by Crippen LogP contribution is -2.32. The van der Waals surface area contributed by atoms with E-state index in [4.69, 9.17) is 4.52 Å². The van der Waals surface area contributed by atoms with Crippen molar-refractivity contribution in [3.8, 4) is 0 Å². The highest BCUT2D eigenvalue weighted by Gasteiger charge is 2.31. The lowest BCUT2D eigenvalue weighted by molar-refractivity contribution is 0.0914. The molecule has 31 heavy (non-hydrogen) atoms. The van der Waals surface area contributed by atoms with E-state index >= 15 is 0 Å². The molecule has 1 aliphatic carbocycles. The number of aromatic nitrogens is 2. The van der Waals surface area contributed by atoms with Crippen LogP contribution in [0.25, 0.3) is 0 Å². The van der Waals surface area contributed by atoms with Crippen LogP contribution in [0.4, 0.5) is 5.69 Å². The highest BCUT2D eigenvalue weighted by Crippen LogP contribution is 2.38. The first-order chi connectivity index (χ1) is 14.8. The van der Waals surface area contributed by atoms with Crippen LogP contribution in [0.15, 0.2) is 64.0 Å². The molecule has 1 unspecified atom stereocenters. The molecular weight excluding hydrogens is 416 g/mol. The number of nitrogens with one attached hydrogen (secondary N) is 2. The molecule has 1 fully saturated rings. The van der Waals surface area contributed by atoms with Crippen LogP contribution in [0.3, 0.4) is 0 Å². The van der Waals surface area contributed by atoms with Crippen molar-refractivity contribution in [1.29, 1.82) is 0 Å². The average Bonchev–Trinajstić information content (AvgIpc) is 3.49. The Bertz CT molecular complexity index is 1170. The minimum absolute atomic E-state index is 0.0243. The second-order valence-corrected chi connectivity index (χ2v) is 9.64. The third kappa shape index (κ3) is 4.93. The maximum atomic E-state index is 12.9. The largest absolute Gasteiger partial charge is 0.340 e. The average molecular weight is 441 g/mol. The number of hydrogen-bond donors (Lipinski definition) is 2. The molecule has 0 aliphatic heterocycles. The van der Waals surface area contributed by atoms with E-state index in [9.17, 15) is 13.2 Å². The number of amides is 1. The maximum absolute atomic E-state index is 12.9. The van der Waals surface area contributed by atoms with Gasteiger partial charge in [0.05, 0.1) is 4.90 Å². The van der Waals surface area contributed by atoms with Gasteiger partial charge in [0.25, 0.3) is 15.9 Å². The number of sulfonamides is 1. The van der Waals surface area contributed by atoms with Crippen LogP contribution in [-0.4, -0.2) is 24.5 Å². The Kier molecular flexibility index (Phi) is 5.77. The van der Waals surface area contributed by atoms with Gasteiger partial charge in [0, 0.05) is 17.2 Å². The van der Waals surface area contributed by atoms with E-state index in [1.165, 1.54) is 18.2 Å². The van der Waals surface area contributed by atoms with Crippen molar-refractivity contribution in [2.75, 3.05) is 4.72 Å². The molecule has 1 saturated carbocycles. The molecule has 1 heterocycles. The molecule has 4 rings (SSSR count). The van der Waals surface area contributed by atoms with Gasteiger partial charge in [0.2, 0.25) is 5.89 Å². The Hall–Kier alpha value is -3.20. The maximum Gasteiger partial charge on any atom is 0.261 e. The van der Waals surface area contributed by atoms with Gasteiger partial charge in [0.1, 0.15) is 6.04 Å². The molecule has 0 saturated heterocycles. The van der Waals surface area contributed by atoms with Crippen LogP contribution in [0.1, 0.15) is 60.7 Å². The number of carbonyl (C=O) groups is 1. The zero-order valence-electron chi connectivity index (χ0n) is 17.3. The Labute approximate surface area is 181 Å². The fourth-order valence-corrected chi connectivity index (χ4v) is 4.23. The molecule has 3 aromatic rings. The van der Waals surface area contributed by atoms with Crippen molar-refractivity contribution in [1.82, 2.24) is 15.5 Å². The Morgan fingerprint density at radius 3 is 2.52 bits per heavy atom. The van der Waals surface area contributed by atoms with Crippen molar-refractivity contribution in [3.05, 3.63) is 71.9 Å². The number of rotatable bonds is 8. The molecule has 1 atom stereocenters. The lowest BCUT2D eigenvalue weighted by atomic mass is 10.0. The zero-order chi connectivity index (χ0) is 22.0. The van der Waals surface area contributed by atoms with Crippen molar-refractivity contribution in [3.63, 3.8) is 0 Å². The molecule has 2 aromatic carbocycles. The van der Waals surface area contributed by atoms with Crippen LogP contribution < -0.4 is 10.0 Å². The highest BCUT2D eigenvalue weighted by atomic mass is 32.2. The molecule has 1 aliphatic rings. The molecule has 0 bridgehead atoms. The van der Waals surface area contributed by atoms with Crippen molar-refractivity contribution in [2.24, 2.45) is 5.92 Å². The fraction of sp³-hybridized carbons (Fsp3) is 0.318. The number of nitrogens with zero attached hydrogens (tertiary/aromatic N) is 2. The smallest absolute Gasteiger partial charge is 0.261 e. The second kappa shape index (κ2) is 8.50. The van der Waals surface area contributed by atoms with Gasteiger partial charge in [0.15, 0.2) is 5.82 Å². The SMILES string of the molecule is CC(C)C(NC(=O)c1cccc(NS(=O)(=O)c2ccccc2)c1)c1nc(C2CC2)no1. The Balaban J connectivity index is 1.50. The summed E-state index contributed by atoms with van der Waals surface area (Å²) < 4.78 is 33.0. The summed E-state index contributed by atoms with van der Waals surface area (Å²) in [6, 6.07) is 13.9. The summed E-state index contributed by atoms with van der Waals surface area (Å²) in [4.78, 5) is 17.5. The number of hydrogen-bond acceptors (Lipinski definition) is 6. The first kappa shape index (κ1) is 21.0. The minimum Gasteiger partial charge on any atom is -0.340 e. The highest BCUT2D eigenvalue weighted by molar-refractivity contribution is 7.92. The van der Waals surface area contributed by atoms with Gasteiger partial charge in [-0.05, 0) is 49.1 Å². The molecule has 162 valence electrons. The van der Waals surface area contributed by atoms with E-state index in [0.717, 1.165) is 12.8 Å². The molecule has 0 spiro atoms. The van der Waals surface area contributed by atoms with Gasteiger partial charge in [-0.2, -0.15) is 4.98 Å². The summed E-state index contributed by atoms with van der Waals surface area (Å²) >= 11 is 0. The van der Waals surface area contributed by atoms with Gasteiger partial charge in [-0.1, -0.05) is 43.3 Å². The standard InChI is InChI=1S/C22H24N4O4S/c1-14(2)19(22-24-20(25-30-22)15-11-12-15)23-21(27)16-7-6-8-17(13-16)26-31(28,29)18-9-4-3-5-10-18/h3-10,13-15,19,26H,11-12H2,1-2H3,(H,23,27). The normalized spacial score (nSPS) is 14.9. The topological polar surface area (TPSA) is 114 Å². The van der Waals surface area contributed by atoms with E-state index in [-0.39, 0.29) is 16.7 Å². The molecule has 8 nitrogen and oxygen atoms in total. The summed E-state index contributed by atoms with van der Waals surface area (Å²) in [6.07, 6.45) is 2.12. The zero-order valence-corrected chi connectivity index (χ0v) is 18.1. The van der Waals surface area contributed by atoms with E-state index in [1.54, 1.807) is 36.4 Å². The van der Waals surface area contributed by atoms with E-state index < -0.39 is 16.1 Å². The van der Waals surface area contributed by atoms with Crippen LogP contribution in [0, 0.1) is 5.92 Å². The summed E-state index contributed by atoms with van der Waals surface area (Å²) in [5.41, 5.74) is 0.618. The third-order valence-corrected chi connectivity index (χ3v) is 6.45. The van der Waals surface area contributed by atoms with E-state index in [0.29, 0.717) is 28.9 Å². The lowest BCUT2D eigenvalue weighted by Gasteiger charge is -2.19. The molecule has 9 heteroatoms. The monoisotopic (exact) mass is 440 g/mol. The predicted octanol–water partition coefficient (Wildman–Crippen LogP) is 3.87. The van der Waals surface area contributed by atoms with Gasteiger partial charge < -0.3 is 9.84 Å². The number of carbonyl (C=O) groups excluding carboxylic acids is 1. The fourth-order valence-electron chi connectivity index (χ4n) is 3.16. The molecule has 0 radical (unpaired) electrons. The first-order valence-electron chi connectivity index (χ1n) is 10.2. The van der Waals surface area contributed by atoms with E-state index in [2.05, 4.69) is 20.2 Å². The van der Waals surface area contributed by atoms with Gasteiger partial charge in [-0.15, -0.1) is 0 Å². The number of benzene rings is 2. The van der Waals surface area contributed by atoms with Crippen molar-refractivity contribution in [2.45, 2.75) is 43.5 Å². The third-order valence-electron chi connectivity index (χ3n) is 5.05. The van der Waals surface area contributed by atoms with Crippen LogP contribution in [0.5, 0.6) is 0 Å². The summed E-state index contributed by atoms with van der Waals surface area (Å²) in [5, 5.41) is 6.96. The summed E-state index contributed by atoms with van der Waals surface area (Å²) in [5.74, 6) is 1.09. The van der Waals surface area contributed by atoms with E-state index in [1.807, 2.05) is 13.8 Å². The second-order valence-electron chi connectivity index (χ2n) is 7.96. The Morgan fingerprint density at radius 1 is 1.10 bits per heavy atom. The molecule has 2 N–H and O–H groups in total. The summed E-state index contributed by atoms with van der Waals surface area (Å²) in [6.45, 7) is 3.91. The van der Waals surface area contributed by atoms with Crippen LogP contribution >= 0.6 is 0 Å². The Morgan fingerprint density at radius 2 is 1.84 bits per heavy atom. The first-order valence-corrected chi connectivity index (χ1v) is 11.6. The summed E-state index contributed by atoms with van der Waals surface area (Å²) in [7, 11) is -3.75. The molecular formula is C22H24N4O4S. The van der Waals surface area contributed by atoms with Gasteiger partial charge in [-0.25, -0.2) is 8.42 Å². The molecule has 1 aromatic heterocycles. The predicted molar refractivity (Wildman–Crippen MR) is 115 cm³/mol. The van der Waals surface area contributed by atoms with Crippen LogP contribution in [-0.2, 0) is 10.0 Å². The van der Waals surface area contributed by atoms with Crippen molar-refractivity contribution < 1.29 is 17.7 Å². The van der Waals surface area contributed by atoms with Gasteiger partial charge >= 0.3 is 0 Å². The van der Waals surface area contributed by atoms with Crippen molar-refractivity contribution >= 4 is 21.6 Å². The van der Waals surface area contributed by atoms with Crippen LogP contribution in [0.2, 0.25) is 0 Å². The quantitative estimate of drug-likeness (QED) is 0.549.